The van der Waals surface area contributed by atoms with Crippen molar-refractivity contribution in [3.8, 4) is 0 Å². The lowest BCUT2D eigenvalue weighted by Crippen LogP contribution is -2.25. The first-order valence-corrected chi connectivity index (χ1v) is 10.1. The zero-order chi connectivity index (χ0) is 16.7. The van der Waals surface area contributed by atoms with E-state index in [9.17, 15) is 8.42 Å². The monoisotopic (exact) mass is 358 g/mol. The molecule has 8 heteroatoms. The van der Waals surface area contributed by atoms with E-state index in [0.29, 0.717) is 6.42 Å². The Morgan fingerprint density at radius 2 is 1.96 bits per heavy atom. The van der Waals surface area contributed by atoms with Crippen molar-refractivity contribution >= 4 is 38.1 Å². The van der Waals surface area contributed by atoms with Crippen LogP contribution >= 0.6 is 11.3 Å². The zero-order valence-electron chi connectivity index (χ0n) is 12.8. The van der Waals surface area contributed by atoms with E-state index in [2.05, 4.69) is 15.1 Å². The van der Waals surface area contributed by atoms with Crippen molar-refractivity contribution in [3.05, 3.63) is 58.5 Å². The van der Waals surface area contributed by atoms with Crippen LogP contribution in [-0.4, -0.2) is 34.8 Å². The number of aromatic nitrogens is 2. The van der Waals surface area contributed by atoms with Crippen molar-refractivity contribution in [2.45, 2.75) is 12.5 Å². The first kappa shape index (κ1) is 15.2. The Hall–Kier alpha value is -2.32. The smallest absolute Gasteiger partial charge is 0.247 e. The second-order valence-electron chi connectivity index (χ2n) is 5.62. The highest BCUT2D eigenvalue weighted by Gasteiger charge is 2.34. The van der Waals surface area contributed by atoms with E-state index in [0.717, 1.165) is 27.9 Å². The Morgan fingerprint density at radius 3 is 2.67 bits per heavy atom. The largest absolute Gasteiger partial charge is 0.253 e. The summed E-state index contributed by atoms with van der Waals surface area (Å²) in [4.78, 5) is 8.55. The number of hydrazone groups is 1. The van der Waals surface area contributed by atoms with Gasteiger partial charge in [0.1, 0.15) is 0 Å². The number of rotatable bonds is 3. The van der Waals surface area contributed by atoms with E-state index in [1.54, 1.807) is 23.7 Å². The van der Waals surface area contributed by atoms with Gasteiger partial charge in [-0.05, 0) is 34.5 Å². The molecule has 1 aliphatic rings. The first-order chi connectivity index (χ1) is 11.5. The third-order valence-electron chi connectivity index (χ3n) is 3.94. The van der Waals surface area contributed by atoms with Crippen molar-refractivity contribution in [1.29, 1.82) is 0 Å². The fourth-order valence-electron chi connectivity index (χ4n) is 2.83. The molecule has 122 valence electrons. The van der Waals surface area contributed by atoms with Crippen LogP contribution in [0.25, 0.3) is 11.0 Å². The van der Waals surface area contributed by atoms with Crippen LogP contribution in [0.2, 0.25) is 0 Å². The van der Waals surface area contributed by atoms with Crippen LogP contribution in [-0.2, 0) is 10.0 Å². The third-order valence-corrected chi connectivity index (χ3v) is 5.64. The summed E-state index contributed by atoms with van der Waals surface area (Å²) in [5, 5.41) is 8.31. The minimum absolute atomic E-state index is 0.360. The number of benzene rings is 1. The Labute approximate surface area is 143 Å². The second kappa shape index (κ2) is 5.64. The quantitative estimate of drug-likeness (QED) is 0.721. The molecule has 0 fully saturated rings. The summed E-state index contributed by atoms with van der Waals surface area (Å²) in [5.41, 5.74) is 4.14. The molecule has 6 nitrogen and oxygen atoms in total. The van der Waals surface area contributed by atoms with Crippen molar-refractivity contribution < 1.29 is 8.42 Å². The van der Waals surface area contributed by atoms with Gasteiger partial charge in [0.05, 0.1) is 29.0 Å². The summed E-state index contributed by atoms with van der Waals surface area (Å²) in [7, 11) is -3.46. The molecular weight excluding hydrogens is 344 g/mol. The molecule has 0 spiro atoms. The SMILES string of the molecule is CS(=O)(=O)N1N=C(c2ccsc2)C[C@H]1c1ccc2nccnc2c1. The Bertz CT molecular complexity index is 1030. The van der Waals surface area contributed by atoms with Crippen molar-refractivity contribution in [2.75, 3.05) is 6.26 Å². The van der Waals surface area contributed by atoms with Crippen LogP contribution < -0.4 is 0 Å². The molecule has 1 aromatic carbocycles. The molecule has 2 aromatic heterocycles. The number of nitrogens with zero attached hydrogens (tertiary/aromatic N) is 4. The van der Waals surface area contributed by atoms with Crippen molar-refractivity contribution in [1.82, 2.24) is 14.4 Å². The highest BCUT2D eigenvalue weighted by molar-refractivity contribution is 7.88. The highest BCUT2D eigenvalue weighted by Crippen LogP contribution is 2.35. The average Bonchev–Trinajstić information content (AvgIpc) is 3.23. The molecule has 0 saturated carbocycles. The van der Waals surface area contributed by atoms with Crippen LogP contribution in [0.5, 0.6) is 0 Å². The zero-order valence-corrected chi connectivity index (χ0v) is 14.5. The molecule has 0 unspecified atom stereocenters. The van der Waals surface area contributed by atoms with Gasteiger partial charge in [0.25, 0.3) is 0 Å². The fourth-order valence-corrected chi connectivity index (χ4v) is 4.40. The molecule has 0 saturated heterocycles. The minimum atomic E-state index is -3.46. The lowest BCUT2D eigenvalue weighted by Gasteiger charge is -2.21. The Morgan fingerprint density at radius 1 is 1.17 bits per heavy atom. The molecule has 3 aromatic rings. The van der Waals surface area contributed by atoms with Gasteiger partial charge in [-0.2, -0.15) is 20.9 Å². The van der Waals surface area contributed by atoms with E-state index >= 15 is 0 Å². The molecule has 1 atom stereocenters. The number of thiophene rings is 1. The van der Waals surface area contributed by atoms with E-state index in [1.165, 1.54) is 10.7 Å². The predicted molar refractivity (Wildman–Crippen MR) is 94.4 cm³/mol. The lowest BCUT2D eigenvalue weighted by atomic mass is 10.00. The van der Waals surface area contributed by atoms with Gasteiger partial charge in [0.15, 0.2) is 0 Å². The molecule has 0 N–H and O–H groups in total. The van der Waals surface area contributed by atoms with Gasteiger partial charge in [-0.25, -0.2) is 8.42 Å². The Kier molecular flexibility index (Phi) is 3.58. The highest BCUT2D eigenvalue weighted by atomic mass is 32.2. The number of hydrogen-bond acceptors (Lipinski definition) is 6. The van der Waals surface area contributed by atoms with E-state index in [1.807, 2.05) is 35.0 Å². The molecule has 1 aliphatic heterocycles. The van der Waals surface area contributed by atoms with Crippen molar-refractivity contribution in [2.24, 2.45) is 5.10 Å². The topological polar surface area (TPSA) is 75.5 Å². The van der Waals surface area contributed by atoms with Crippen LogP contribution in [0.1, 0.15) is 23.6 Å². The van der Waals surface area contributed by atoms with E-state index < -0.39 is 10.0 Å². The van der Waals surface area contributed by atoms with Crippen LogP contribution in [0.3, 0.4) is 0 Å². The van der Waals surface area contributed by atoms with Gasteiger partial charge >= 0.3 is 0 Å². The molecular formula is C16H14N4O2S2. The standard InChI is InChI=1S/C16H14N4O2S2/c1-24(21,22)20-16(9-14(19-20)12-4-7-23-10-12)11-2-3-13-15(8-11)18-6-5-17-13/h2-8,10,16H,9H2,1H3/t16-/m0/s1. The van der Waals surface area contributed by atoms with Crippen molar-refractivity contribution in [3.63, 3.8) is 0 Å². The molecule has 4 rings (SSSR count). The van der Waals surface area contributed by atoms with Gasteiger partial charge in [-0.15, -0.1) is 0 Å². The maximum atomic E-state index is 12.2. The predicted octanol–water partition coefficient (Wildman–Crippen LogP) is 2.80. The van der Waals surface area contributed by atoms with Gasteiger partial charge in [-0.1, -0.05) is 6.07 Å². The van der Waals surface area contributed by atoms with Gasteiger partial charge in [0, 0.05) is 24.4 Å². The Balaban J connectivity index is 1.78. The summed E-state index contributed by atoms with van der Waals surface area (Å²) in [6.07, 6.45) is 4.98. The maximum absolute atomic E-state index is 12.2. The number of fused-ring (bicyclic) bond motifs is 1. The molecule has 3 heterocycles. The molecule has 0 radical (unpaired) electrons. The van der Waals surface area contributed by atoms with Gasteiger partial charge < -0.3 is 0 Å². The number of sulfonamides is 1. The molecule has 0 amide bonds. The van der Waals surface area contributed by atoms with Gasteiger partial charge in [0.2, 0.25) is 10.0 Å². The normalized spacial score (nSPS) is 18.1. The molecule has 0 bridgehead atoms. The van der Waals surface area contributed by atoms with Crippen LogP contribution in [0.15, 0.2) is 52.5 Å². The minimum Gasteiger partial charge on any atom is -0.253 e. The number of hydrogen-bond donors (Lipinski definition) is 0. The summed E-state index contributed by atoms with van der Waals surface area (Å²) < 4.78 is 25.6. The fraction of sp³-hybridized carbons (Fsp3) is 0.188. The first-order valence-electron chi connectivity index (χ1n) is 7.32. The molecule has 24 heavy (non-hydrogen) atoms. The van der Waals surface area contributed by atoms with Crippen LogP contribution in [0, 0.1) is 0 Å². The van der Waals surface area contributed by atoms with Crippen LogP contribution in [0.4, 0.5) is 0 Å². The second-order valence-corrected chi connectivity index (χ2v) is 8.24. The van der Waals surface area contributed by atoms with E-state index in [4.69, 9.17) is 0 Å². The van der Waals surface area contributed by atoms with E-state index in [-0.39, 0.29) is 6.04 Å². The third kappa shape index (κ3) is 2.67. The lowest BCUT2D eigenvalue weighted by molar-refractivity contribution is 0.375. The average molecular weight is 358 g/mol. The summed E-state index contributed by atoms with van der Waals surface area (Å²) >= 11 is 1.57. The molecule has 0 aliphatic carbocycles. The van der Waals surface area contributed by atoms with Gasteiger partial charge in [-0.3, -0.25) is 9.97 Å². The summed E-state index contributed by atoms with van der Waals surface area (Å²) in [5.74, 6) is 0. The summed E-state index contributed by atoms with van der Waals surface area (Å²) in [6, 6.07) is 7.24. The maximum Gasteiger partial charge on any atom is 0.247 e. The summed E-state index contributed by atoms with van der Waals surface area (Å²) in [6.45, 7) is 0.